The van der Waals surface area contributed by atoms with Crippen LogP contribution in [0.4, 0.5) is 4.39 Å². The van der Waals surface area contributed by atoms with Crippen LogP contribution in [0.3, 0.4) is 0 Å². The summed E-state index contributed by atoms with van der Waals surface area (Å²) in [6, 6.07) is 2.46. The van der Waals surface area contributed by atoms with Gasteiger partial charge in [-0.05, 0) is 75.2 Å². The average molecular weight is 535 g/mol. The lowest BCUT2D eigenvalue weighted by Crippen LogP contribution is -2.52. The topological polar surface area (TPSA) is 117 Å². The molecule has 3 fully saturated rings. The average Bonchev–Trinajstić information content (AvgIpc) is 3.46. The fraction of sp³-hybridized carbons (Fsp3) is 0.724. The van der Waals surface area contributed by atoms with E-state index >= 15 is 0 Å². The van der Waals surface area contributed by atoms with Crippen molar-refractivity contribution in [3.63, 3.8) is 0 Å². The molecule has 0 radical (unpaired) electrons. The molecule has 8 nitrogen and oxygen atoms in total. The minimum atomic E-state index is -1.18. The maximum absolute atomic E-state index is 14.9. The Bertz CT molecular complexity index is 1020. The lowest BCUT2D eigenvalue weighted by molar-refractivity contribution is -0.143. The highest BCUT2D eigenvalue weighted by Gasteiger charge is 2.51. The van der Waals surface area contributed by atoms with Gasteiger partial charge in [-0.25, -0.2) is 4.39 Å². The van der Waals surface area contributed by atoms with Gasteiger partial charge in [0.15, 0.2) is 11.6 Å². The van der Waals surface area contributed by atoms with Crippen molar-refractivity contribution in [2.45, 2.75) is 97.1 Å². The number of methoxy groups -OCH3 is 1. The largest absolute Gasteiger partial charge is 0.496 e. The van der Waals surface area contributed by atoms with E-state index in [2.05, 4.69) is 31.4 Å². The molecule has 6 atom stereocenters. The number of aliphatic hydroxyl groups excluding tert-OH is 1. The minimum Gasteiger partial charge on any atom is -0.496 e. The number of halogens is 1. The summed E-state index contributed by atoms with van der Waals surface area (Å²) >= 11 is 0. The van der Waals surface area contributed by atoms with Gasteiger partial charge < -0.3 is 25.0 Å². The van der Waals surface area contributed by atoms with Gasteiger partial charge in [0.05, 0.1) is 25.0 Å². The summed E-state index contributed by atoms with van der Waals surface area (Å²) in [5, 5.41) is 27.0. The number of benzene rings is 1. The molecule has 3 aliphatic rings. The Balaban J connectivity index is 1.49. The number of hydrogen-bond acceptors (Lipinski definition) is 6. The minimum absolute atomic E-state index is 0.00154. The smallest absolute Gasteiger partial charge is 0.306 e. The second-order valence-corrected chi connectivity index (χ2v) is 12.5. The molecule has 1 aromatic carbocycles. The Labute approximate surface area is 224 Å². The van der Waals surface area contributed by atoms with Crippen LogP contribution in [0.2, 0.25) is 0 Å². The van der Waals surface area contributed by atoms with Gasteiger partial charge in [-0.15, -0.1) is 0 Å². The second-order valence-electron chi connectivity index (χ2n) is 12.5. The number of ether oxygens (including phenoxy) is 2. The number of carbonyl (C=O) groups is 2. The third-order valence-corrected chi connectivity index (χ3v) is 9.12. The number of carboxylic acid groups (broad SMARTS) is 1. The van der Waals surface area contributed by atoms with E-state index in [4.69, 9.17) is 9.47 Å². The van der Waals surface area contributed by atoms with Crippen LogP contribution < -0.4 is 20.1 Å². The molecule has 0 heterocycles. The number of aliphatic carboxylic acids is 1. The number of fused-ring (bicyclic) bond motifs is 2. The van der Waals surface area contributed by atoms with E-state index in [-0.39, 0.29) is 58.8 Å². The molecule has 1 aromatic rings. The van der Waals surface area contributed by atoms with Gasteiger partial charge in [0, 0.05) is 23.7 Å². The lowest BCUT2D eigenvalue weighted by atomic mass is 9.82. The van der Waals surface area contributed by atoms with Gasteiger partial charge in [0.1, 0.15) is 12.0 Å². The van der Waals surface area contributed by atoms with Crippen LogP contribution in [-0.4, -0.2) is 47.4 Å². The normalized spacial score (nSPS) is 30.5. The first-order valence-corrected chi connectivity index (χ1v) is 13.9. The quantitative estimate of drug-likeness (QED) is 0.347. The molecule has 3 saturated carbocycles. The van der Waals surface area contributed by atoms with Crippen molar-refractivity contribution in [2.75, 3.05) is 7.11 Å². The number of rotatable bonds is 9. The first kappa shape index (κ1) is 28.6. The van der Waals surface area contributed by atoms with E-state index in [9.17, 15) is 24.2 Å². The number of amides is 1. The first-order valence-electron chi connectivity index (χ1n) is 13.9. The van der Waals surface area contributed by atoms with E-state index in [1.807, 2.05) is 6.92 Å². The van der Waals surface area contributed by atoms with Crippen molar-refractivity contribution in [1.29, 1.82) is 0 Å². The predicted molar refractivity (Wildman–Crippen MR) is 140 cm³/mol. The molecule has 4 rings (SSSR count). The van der Waals surface area contributed by atoms with E-state index in [1.54, 1.807) is 0 Å². The van der Waals surface area contributed by atoms with Crippen LogP contribution in [0.25, 0.3) is 0 Å². The summed E-state index contributed by atoms with van der Waals surface area (Å²) in [6.07, 6.45) is 3.48. The van der Waals surface area contributed by atoms with Crippen LogP contribution in [0.1, 0.15) is 84.4 Å². The number of hydrogen-bond donors (Lipinski definition) is 4. The molecule has 1 amide bonds. The van der Waals surface area contributed by atoms with Gasteiger partial charge >= 0.3 is 5.97 Å². The highest BCUT2D eigenvalue weighted by molar-refractivity contribution is 5.80. The van der Waals surface area contributed by atoms with Crippen molar-refractivity contribution < 1.29 is 33.7 Å². The molecule has 3 aliphatic carbocycles. The summed E-state index contributed by atoms with van der Waals surface area (Å²) in [5.74, 6) is -1.31. The van der Waals surface area contributed by atoms with E-state index in [0.717, 1.165) is 19.3 Å². The Kier molecular flexibility index (Phi) is 8.57. The van der Waals surface area contributed by atoms with Crippen LogP contribution in [0, 0.1) is 34.9 Å². The Morgan fingerprint density at radius 3 is 2.32 bits per heavy atom. The standard InChI is InChI=1S/C29H43FN2O6/c1-15(29(2,3)4)31-27(34)24-17-6-7-18(12-17)25(24)32-26(33)20-13-23(21(30)14-22(20)37-5)38-19-10-8-16(9-11-19)28(35)36/h13-19,24-26,32-33H,6-12H2,1-5H3,(H,31,34)(H,35,36)/t15-,16?,17-,18+,19?,24+,25-,26?/m1/s1. The highest BCUT2D eigenvalue weighted by atomic mass is 19.1. The van der Waals surface area contributed by atoms with E-state index in [0.29, 0.717) is 31.2 Å². The van der Waals surface area contributed by atoms with Gasteiger partial charge in [-0.1, -0.05) is 20.8 Å². The zero-order valence-electron chi connectivity index (χ0n) is 23.1. The van der Waals surface area contributed by atoms with Gasteiger partial charge in [-0.2, -0.15) is 0 Å². The molecular weight excluding hydrogens is 491 g/mol. The summed E-state index contributed by atoms with van der Waals surface area (Å²) in [6.45, 7) is 8.30. The molecule has 9 heteroatoms. The molecule has 4 N–H and O–H groups in total. The molecular formula is C29H43FN2O6. The fourth-order valence-corrected chi connectivity index (χ4v) is 6.35. The Morgan fingerprint density at radius 1 is 1.05 bits per heavy atom. The lowest BCUT2D eigenvalue weighted by Gasteiger charge is -2.35. The summed E-state index contributed by atoms with van der Waals surface area (Å²) in [5.41, 5.74) is 0.272. The molecule has 38 heavy (non-hydrogen) atoms. The molecule has 0 aromatic heterocycles. The van der Waals surface area contributed by atoms with Gasteiger partial charge in [0.2, 0.25) is 5.91 Å². The predicted octanol–water partition coefficient (Wildman–Crippen LogP) is 4.40. The van der Waals surface area contributed by atoms with Gasteiger partial charge in [0.25, 0.3) is 0 Å². The molecule has 0 spiro atoms. The Hall–Kier alpha value is -2.39. The Morgan fingerprint density at radius 2 is 1.71 bits per heavy atom. The SMILES string of the molecule is COc1cc(F)c(OC2CCC(C(=O)O)CC2)cc1C(O)N[C@@H]1[C@H]2CC[C@H](C2)[C@@H]1C(=O)N[C@H](C)C(C)(C)C. The summed E-state index contributed by atoms with van der Waals surface area (Å²) < 4.78 is 26.2. The van der Waals surface area contributed by atoms with Crippen LogP contribution in [0.5, 0.6) is 11.5 Å². The van der Waals surface area contributed by atoms with Crippen molar-refractivity contribution in [2.24, 2.45) is 29.1 Å². The maximum atomic E-state index is 14.9. The van der Waals surface area contributed by atoms with Gasteiger partial charge in [-0.3, -0.25) is 14.9 Å². The third kappa shape index (κ3) is 6.09. The number of carboxylic acids is 1. The van der Waals surface area contributed by atoms with Crippen LogP contribution in [-0.2, 0) is 9.59 Å². The first-order chi connectivity index (χ1) is 17.9. The zero-order valence-corrected chi connectivity index (χ0v) is 23.1. The van der Waals surface area contributed by atoms with Crippen molar-refractivity contribution in [1.82, 2.24) is 10.6 Å². The molecule has 0 aliphatic heterocycles. The molecule has 0 saturated heterocycles. The van der Waals surface area contributed by atoms with E-state index in [1.165, 1.54) is 19.2 Å². The molecule has 2 bridgehead atoms. The summed E-state index contributed by atoms with van der Waals surface area (Å²) in [7, 11) is 1.42. The van der Waals surface area contributed by atoms with Crippen molar-refractivity contribution >= 4 is 11.9 Å². The monoisotopic (exact) mass is 534 g/mol. The van der Waals surface area contributed by atoms with E-state index < -0.39 is 23.9 Å². The number of nitrogens with one attached hydrogen (secondary N) is 2. The fourth-order valence-electron chi connectivity index (χ4n) is 6.35. The summed E-state index contributed by atoms with van der Waals surface area (Å²) in [4.78, 5) is 24.6. The maximum Gasteiger partial charge on any atom is 0.306 e. The molecule has 1 unspecified atom stereocenters. The second kappa shape index (κ2) is 11.4. The van der Waals surface area contributed by atoms with Crippen LogP contribution in [0.15, 0.2) is 12.1 Å². The number of aliphatic hydroxyl groups is 1. The number of carbonyl (C=O) groups excluding carboxylic acids is 1. The highest BCUT2D eigenvalue weighted by Crippen LogP contribution is 2.49. The van der Waals surface area contributed by atoms with Crippen molar-refractivity contribution in [3.8, 4) is 11.5 Å². The zero-order chi connectivity index (χ0) is 27.8. The van der Waals surface area contributed by atoms with Crippen LogP contribution >= 0.6 is 0 Å². The van der Waals surface area contributed by atoms with Crippen molar-refractivity contribution in [3.05, 3.63) is 23.5 Å². The third-order valence-electron chi connectivity index (χ3n) is 9.12. The molecule has 212 valence electrons.